The van der Waals surface area contributed by atoms with Gasteiger partial charge in [-0.05, 0) is 99.2 Å². The molecular formula is C37H59NO9. The first kappa shape index (κ1) is 35.1. The van der Waals surface area contributed by atoms with Crippen molar-refractivity contribution < 1.29 is 43.4 Å². The lowest BCUT2D eigenvalue weighted by Crippen LogP contribution is -2.65. The normalized spacial score (nSPS) is 46.5. The summed E-state index contributed by atoms with van der Waals surface area (Å²) in [5.41, 5.74) is -0.385. The van der Waals surface area contributed by atoms with Crippen LogP contribution in [0.5, 0.6) is 0 Å². The minimum atomic E-state index is -0.997. The largest absolute Gasteiger partial charge is 0.462 e. The summed E-state index contributed by atoms with van der Waals surface area (Å²) in [5, 5.41) is 2.93. The molecule has 1 heterocycles. The monoisotopic (exact) mass is 661 g/mol. The maximum Gasteiger partial charge on any atom is 0.302 e. The molecule has 0 aromatic heterocycles. The highest BCUT2D eigenvalue weighted by Gasteiger charge is 2.69. The van der Waals surface area contributed by atoms with Gasteiger partial charge in [0.1, 0.15) is 12.2 Å². The molecule has 10 heteroatoms. The van der Waals surface area contributed by atoms with Crippen molar-refractivity contribution in [3.8, 4) is 0 Å². The van der Waals surface area contributed by atoms with Gasteiger partial charge >= 0.3 is 11.9 Å². The van der Waals surface area contributed by atoms with E-state index in [2.05, 4.69) is 33.0 Å². The zero-order valence-electron chi connectivity index (χ0n) is 29.8. The lowest BCUT2D eigenvalue weighted by Gasteiger charge is -2.65. The number of hydrogen-bond donors (Lipinski definition) is 1. The number of esters is 2. The molecule has 0 aromatic rings. The van der Waals surface area contributed by atoms with Crippen molar-refractivity contribution >= 4 is 17.8 Å². The number of carbonyl (C=O) groups excluding carboxylic acids is 3. The first-order valence-electron chi connectivity index (χ1n) is 18.6. The van der Waals surface area contributed by atoms with Crippen LogP contribution in [0.25, 0.3) is 0 Å². The standard InChI is InChI=1S/C37H59NO9/c1-8-38-32(41)12-9-23(3)27-10-11-28-33-29(20-31(35(27,28)7)43-25(5)40)34(6)17-18-37(21-26(34)19-30(33)42-24(4)39)46-44-36(45-47-37)15-13-22(2)14-16-36/h22-23,26-31,33H,8-21H2,1-7H3,(H,38,41)/t22?,23?,26-,27-,28?,29?,30-,31+,33?,34+,35-,36?,37?/m1/s1. The summed E-state index contributed by atoms with van der Waals surface area (Å²) in [4.78, 5) is 62.2. The van der Waals surface area contributed by atoms with Crippen molar-refractivity contribution in [3.05, 3.63) is 0 Å². The molecule has 5 aliphatic carbocycles. The van der Waals surface area contributed by atoms with Gasteiger partial charge in [0.05, 0.1) is 0 Å². The van der Waals surface area contributed by atoms with E-state index in [1.165, 1.54) is 13.8 Å². The molecule has 0 aromatic carbocycles. The van der Waals surface area contributed by atoms with E-state index in [1.807, 2.05) is 6.92 Å². The Balaban J connectivity index is 1.26. The van der Waals surface area contributed by atoms with E-state index < -0.39 is 11.6 Å². The van der Waals surface area contributed by atoms with E-state index in [9.17, 15) is 14.4 Å². The molecule has 4 unspecified atom stereocenters. The van der Waals surface area contributed by atoms with Gasteiger partial charge < -0.3 is 14.8 Å². The Labute approximate surface area is 280 Å². The Kier molecular flexibility index (Phi) is 9.84. The number of nitrogens with one attached hydrogen (secondary N) is 1. The summed E-state index contributed by atoms with van der Waals surface area (Å²) in [7, 11) is 0. The second-order valence-corrected chi connectivity index (χ2v) is 16.8. The summed E-state index contributed by atoms with van der Waals surface area (Å²) in [5.74, 6) is -0.367. The number of rotatable bonds is 7. The van der Waals surface area contributed by atoms with Gasteiger partial charge in [-0.2, -0.15) is 19.6 Å². The number of amides is 1. The number of carbonyl (C=O) groups is 3. The predicted molar refractivity (Wildman–Crippen MR) is 172 cm³/mol. The van der Waals surface area contributed by atoms with Crippen LogP contribution >= 0.6 is 0 Å². The summed E-state index contributed by atoms with van der Waals surface area (Å²) in [6.07, 6.45) is 9.76. The minimum Gasteiger partial charge on any atom is -0.462 e. The fraction of sp³-hybridized carbons (Fsp3) is 0.919. The molecule has 10 atom stereocenters. The Hall–Kier alpha value is -1.75. The first-order chi connectivity index (χ1) is 22.2. The Morgan fingerprint density at radius 3 is 2.15 bits per heavy atom. The molecule has 1 aliphatic heterocycles. The minimum absolute atomic E-state index is 0.0840. The van der Waals surface area contributed by atoms with Crippen LogP contribution in [0.1, 0.15) is 132 Å². The Bertz CT molecular complexity index is 1170. The molecule has 1 amide bonds. The fourth-order valence-electron chi connectivity index (χ4n) is 11.5. The molecule has 6 rings (SSSR count). The maximum atomic E-state index is 12.7. The molecule has 0 bridgehead atoms. The first-order valence-corrected chi connectivity index (χ1v) is 18.6. The highest BCUT2D eigenvalue weighted by atomic mass is 17.4. The lowest BCUT2D eigenvalue weighted by molar-refractivity contribution is -0.665. The quantitative estimate of drug-likeness (QED) is 0.232. The zero-order chi connectivity index (χ0) is 33.8. The van der Waals surface area contributed by atoms with Gasteiger partial charge in [-0.1, -0.05) is 27.7 Å². The molecule has 1 N–H and O–H groups in total. The second kappa shape index (κ2) is 13.2. The van der Waals surface area contributed by atoms with Crippen molar-refractivity contribution in [2.45, 2.75) is 156 Å². The van der Waals surface area contributed by atoms with Gasteiger partial charge in [0, 0.05) is 63.8 Å². The Morgan fingerprint density at radius 2 is 1.51 bits per heavy atom. The summed E-state index contributed by atoms with van der Waals surface area (Å²) < 4.78 is 12.6. The van der Waals surface area contributed by atoms with Crippen molar-refractivity contribution in [2.75, 3.05) is 6.54 Å². The van der Waals surface area contributed by atoms with E-state index in [1.54, 1.807) is 0 Å². The summed E-state index contributed by atoms with van der Waals surface area (Å²) in [6, 6.07) is 0. The average Bonchev–Trinajstić information content (AvgIpc) is 3.38. The second-order valence-electron chi connectivity index (χ2n) is 16.8. The van der Waals surface area contributed by atoms with Crippen LogP contribution in [-0.2, 0) is 43.4 Å². The highest BCUT2D eigenvalue weighted by Crippen LogP contribution is 2.70. The van der Waals surface area contributed by atoms with E-state index in [-0.39, 0.29) is 70.5 Å². The van der Waals surface area contributed by atoms with Crippen LogP contribution in [0.15, 0.2) is 0 Å². The zero-order valence-corrected chi connectivity index (χ0v) is 29.8. The van der Waals surface area contributed by atoms with Crippen LogP contribution in [0.2, 0.25) is 0 Å². The van der Waals surface area contributed by atoms with Gasteiger partial charge in [0.25, 0.3) is 0 Å². The predicted octanol–water partition coefficient (Wildman–Crippen LogP) is 6.79. The van der Waals surface area contributed by atoms with E-state index in [4.69, 9.17) is 29.0 Å². The molecular weight excluding hydrogens is 602 g/mol. The third-order valence-corrected chi connectivity index (χ3v) is 14.0. The molecule has 47 heavy (non-hydrogen) atoms. The summed E-state index contributed by atoms with van der Waals surface area (Å²) in [6.45, 7) is 14.8. The molecule has 10 nitrogen and oxygen atoms in total. The SMILES string of the molecule is CCNC(=O)CCC(C)[C@H]1CCC2C3C(C[C@H](OC(C)=O)[C@@]21C)[C@@]1(C)CCC2(C[C@H]1C[C@H]3OC(C)=O)OOC1(CCC(C)CC1)OO2. The number of hydrogen-bond acceptors (Lipinski definition) is 9. The van der Waals surface area contributed by atoms with Crippen LogP contribution in [0.3, 0.4) is 0 Å². The average molecular weight is 662 g/mol. The van der Waals surface area contributed by atoms with Crippen LogP contribution < -0.4 is 5.32 Å². The van der Waals surface area contributed by atoms with E-state index in [0.717, 1.165) is 64.2 Å². The van der Waals surface area contributed by atoms with Crippen LogP contribution in [-0.4, -0.2) is 48.2 Å². The van der Waals surface area contributed by atoms with Gasteiger partial charge in [-0.15, -0.1) is 0 Å². The van der Waals surface area contributed by atoms with Gasteiger partial charge in [0.2, 0.25) is 17.5 Å². The molecule has 6 aliphatic rings. The molecule has 266 valence electrons. The smallest absolute Gasteiger partial charge is 0.302 e. The van der Waals surface area contributed by atoms with Crippen LogP contribution in [0.4, 0.5) is 0 Å². The number of fused-ring (bicyclic) bond motifs is 5. The summed E-state index contributed by atoms with van der Waals surface area (Å²) >= 11 is 0. The van der Waals surface area contributed by atoms with E-state index >= 15 is 0 Å². The third kappa shape index (κ3) is 6.38. The highest BCUT2D eigenvalue weighted by molar-refractivity contribution is 5.75. The van der Waals surface area contributed by atoms with E-state index in [0.29, 0.717) is 37.6 Å². The van der Waals surface area contributed by atoms with Crippen molar-refractivity contribution in [1.29, 1.82) is 0 Å². The topological polar surface area (TPSA) is 119 Å². The van der Waals surface area contributed by atoms with Crippen LogP contribution in [0, 0.1) is 52.3 Å². The lowest BCUT2D eigenvalue weighted by atomic mass is 9.42. The molecule has 6 fully saturated rings. The fourth-order valence-corrected chi connectivity index (χ4v) is 11.5. The maximum absolute atomic E-state index is 12.7. The molecule has 5 saturated carbocycles. The molecule has 1 saturated heterocycles. The molecule has 0 radical (unpaired) electrons. The van der Waals surface area contributed by atoms with Gasteiger partial charge in [-0.25, -0.2) is 0 Å². The van der Waals surface area contributed by atoms with Gasteiger partial charge in [-0.3, -0.25) is 14.4 Å². The van der Waals surface area contributed by atoms with Crippen molar-refractivity contribution in [3.63, 3.8) is 0 Å². The van der Waals surface area contributed by atoms with Crippen molar-refractivity contribution in [2.24, 2.45) is 52.3 Å². The van der Waals surface area contributed by atoms with Crippen molar-refractivity contribution in [1.82, 2.24) is 5.32 Å². The number of ether oxygens (including phenoxy) is 2. The third-order valence-electron chi connectivity index (χ3n) is 14.0. The molecule has 2 spiro atoms. The van der Waals surface area contributed by atoms with Gasteiger partial charge in [0.15, 0.2) is 0 Å². The Morgan fingerprint density at radius 1 is 0.851 bits per heavy atom.